The molecule has 4 aliphatic rings. The topological polar surface area (TPSA) is 151 Å². The summed E-state index contributed by atoms with van der Waals surface area (Å²) in [6.45, 7) is 9.57. The first kappa shape index (κ1) is 43.9. The Morgan fingerprint density at radius 2 is 1.69 bits per heavy atom. The minimum absolute atomic E-state index is 0.0777. The molecule has 0 bridgehead atoms. The van der Waals surface area contributed by atoms with Gasteiger partial charge < -0.3 is 30.5 Å². The molecule has 6 heterocycles. The maximum atomic E-state index is 14.2. The van der Waals surface area contributed by atoms with Crippen LogP contribution in [0.4, 0.5) is 15.9 Å². The first-order valence-corrected chi connectivity index (χ1v) is 22.8. The van der Waals surface area contributed by atoms with Crippen LogP contribution in [0.5, 0.6) is 5.75 Å². The number of nitrogens with two attached hydrogens (primary N) is 1. The van der Waals surface area contributed by atoms with Crippen LogP contribution in [0.2, 0.25) is 10.0 Å². The van der Waals surface area contributed by atoms with Gasteiger partial charge in [-0.2, -0.15) is 5.10 Å². The van der Waals surface area contributed by atoms with Crippen molar-refractivity contribution in [3.05, 3.63) is 87.5 Å². The van der Waals surface area contributed by atoms with Crippen molar-refractivity contribution in [1.29, 1.82) is 0 Å². The number of carbonyl (C=O) groups excluding carboxylic acids is 3. The molecule has 4 N–H and O–H groups in total. The molecule has 2 aromatic carbocycles. The number of nitrogen functional groups attached to an aromatic ring is 1. The van der Waals surface area contributed by atoms with Gasteiger partial charge in [-0.25, -0.2) is 9.37 Å². The number of imide groups is 1. The zero-order valence-electron chi connectivity index (χ0n) is 35.3. The van der Waals surface area contributed by atoms with Gasteiger partial charge in [0.05, 0.1) is 17.3 Å². The fourth-order valence-electron chi connectivity index (χ4n) is 9.34. The van der Waals surface area contributed by atoms with Crippen molar-refractivity contribution in [3.63, 3.8) is 0 Å². The van der Waals surface area contributed by atoms with E-state index >= 15 is 0 Å². The molecule has 2 aromatic heterocycles. The highest BCUT2D eigenvalue weighted by Gasteiger charge is 2.40. The van der Waals surface area contributed by atoms with Gasteiger partial charge in [-0.3, -0.25) is 24.4 Å². The van der Waals surface area contributed by atoms with Crippen molar-refractivity contribution in [2.75, 3.05) is 56.9 Å². The number of hydrogen-bond acceptors (Lipinski definition) is 10. The number of ether oxygens (including phenoxy) is 1. The Morgan fingerprint density at radius 3 is 2.45 bits per heavy atom. The van der Waals surface area contributed by atoms with Gasteiger partial charge in [-0.1, -0.05) is 55.0 Å². The van der Waals surface area contributed by atoms with Crippen LogP contribution in [-0.4, -0.2) is 99.0 Å². The number of pyridine rings is 1. The quantitative estimate of drug-likeness (QED) is 0.0511. The number of aromatic nitrogens is 3. The summed E-state index contributed by atoms with van der Waals surface area (Å²) in [5.74, 6) is -0.219. The molecular weight excluding hydrogens is 832 g/mol. The van der Waals surface area contributed by atoms with Gasteiger partial charge >= 0.3 is 0 Å². The minimum atomic E-state index is -0.658. The molecule has 16 heteroatoms. The summed E-state index contributed by atoms with van der Waals surface area (Å²) in [7, 11) is 0. The maximum absolute atomic E-state index is 14.2. The van der Waals surface area contributed by atoms with Crippen LogP contribution in [-0.2, 0) is 16.1 Å². The average Bonchev–Trinajstić information content (AvgIpc) is 3.87. The molecule has 3 amide bonds. The van der Waals surface area contributed by atoms with E-state index in [1.807, 2.05) is 30.5 Å². The molecule has 1 unspecified atom stereocenters. The number of unbranched alkanes of at least 4 members (excludes halogenated alkanes) is 5. The number of fused-ring (bicyclic) bond motifs is 1. The second-order valence-corrected chi connectivity index (χ2v) is 18.1. The van der Waals surface area contributed by atoms with Crippen molar-refractivity contribution in [2.45, 2.75) is 95.9 Å². The summed E-state index contributed by atoms with van der Waals surface area (Å²) < 4.78 is 22.3. The molecule has 4 aromatic rings. The van der Waals surface area contributed by atoms with E-state index in [1.165, 1.54) is 50.7 Å². The Kier molecular flexibility index (Phi) is 14.0. The number of carbonyl (C=O) groups is 3. The van der Waals surface area contributed by atoms with Crippen LogP contribution in [0.3, 0.4) is 0 Å². The summed E-state index contributed by atoms with van der Waals surface area (Å²) in [5.41, 5.74) is 10.8. The predicted molar refractivity (Wildman–Crippen MR) is 239 cm³/mol. The van der Waals surface area contributed by atoms with Gasteiger partial charge in [0.15, 0.2) is 11.6 Å². The van der Waals surface area contributed by atoms with E-state index in [-0.39, 0.29) is 35.0 Å². The number of nitrogens with one attached hydrogen (secondary N) is 2. The van der Waals surface area contributed by atoms with E-state index in [0.29, 0.717) is 46.8 Å². The standard InChI is InChI=1S/C46H56Cl2FN9O4/c1-29(42-36(47)11-12-37(49)43(42)48)62-40-21-31(23-52-44(40)50)32-24-53-58(27-32)33-15-19-55(20-16-33)17-6-4-2-3-5-7-18-56-25-30(26-56)22-51-38-10-8-9-34-35(38)28-57(46(34)61)39-13-14-41(59)54-45(39)60/h8-12,21,23-24,27,29-30,33,39,51H,2-7,13-20,22,25-26,28H2,1H3,(H2,50,52)(H,54,59,60)/t29-,39?/m0/s1. The lowest BCUT2D eigenvalue weighted by Gasteiger charge is -2.39. The predicted octanol–water partition coefficient (Wildman–Crippen LogP) is 7.90. The lowest BCUT2D eigenvalue weighted by Crippen LogP contribution is -2.52. The molecule has 62 heavy (non-hydrogen) atoms. The number of benzene rings is 2. The summed E-state index contributed by atoms with van der Waals surface area (Å²) in [6, 6.07) is 9.98. The van der Waals surface area contributed by atoms with E-state index in [2.05, 4.69) is 36.3 Å². The number of amides is 3. The Hall–Kier alpha value is -4.76. The van der Waals surface area contributed by atoms with Crippen LogP contribution in [0.1, 0.15) is 105 Å². The third-order valence-corrected chi connectivity index (χ3v) is 13.6. The highest BCUT2D eigenvalue weighted by Crippen LogP contribution is 2.38. The van der Waals surface area contributed by atoms with Gasteiger partial charge in [-0.05, 0) is 82.4 Å². The van der Waals surface area contributed by atoms with E-state index in [1.54, 1.807) is 18.0 Å². The van der Waals surface area contributed by atoms with Gasteiger partial charge in [-0.15, -0.1) is 0 Å². The van der Waals surface area contributed by atoms with Crippen molar-refractivity contribution in [1.82, 2.24) is 34.8 Å². The lowest BCUT2D eigenvalue weighted by atomic mass is 9.98. The third kappa shape index (κ3) is 10.0. The number of anilines is 2. The van der Waals surface area contributed by atoms with Gasteiger partial charge in [0.25, 0.3) is 5.91 Å². The Labute approximate surface area is 372 Å². The summed E-state index contributed by atoms with van der Waals surface area (Å²) in [4.78, 5) is 48.3. The van der Waals surface area contributed by atoms with E-state index in [4.69, 9.17) is 38.8 Å². The smallest absolute Gasteiger partial charge is 0.255 e. The Balaban J connectivity index is 0.675. The maximum Gasteiger partial charge on any atom is 0.255 e. The normalized spacial score (nSPS) is 19.4. The second-order valence-electron chi connectivity index (χ2n) is 17.3. The van der Waals surface area contributed by atoms with Crippen molar-refractivity contribution < 1.29 is 23.5 Å². The molecule has 4 aliphatic heterocycles. The summed E-state index contributed by atoms with van der Waals surface area (Å²) in [5, 5.41) is 10.9. The molecule has 3 fully saturated rings. The molecule has 3 saturated heterocycles. The fourth-order valence-corrected chi connectivity index (χ4v) is 10.0. The number of hydrogen-bond donors (Lipinski definition) is 3. The number of nitrogens with zero attached hydrogens (tertiary/aromatic N) is 6. The van der Waals surface area contributed by atoms with Crippen LogP contribution in [0, 0.1) is 11.7 Å². The van der Waals surface area contributed by atoms with Crippen LogP contribution in [0.25, 0.3) is 11.1 Å². The number of halogens is 3. The van der Waals surface area contributed by atoms with Crippen molar-refractivity contribution in [3.8, 4) is 16.9 Å². The highest BCUT2D eigenvalue weighted by atomic mass is 35.5. The number of likely N-dealkylation sites (tertiary alicyclic amines) is 2. The van der Waals surface area contributed by atoms with Gasteiger partial charge in [0, 0.05) is 103 Å². The molecule has 0 radical (unpaired) electrons. The molecule has 0 spiro atoms. The van der Waals surface area contributed by atoms with Crippen LogP contribution >= 0.6 is 23.2 Å². The van der Waals surface area contributed by atoms with E-state index in [9.17, 15) is 18.8 Å². The largest absolute Gasteiger partial charge is 0.482 e. The number of piperidine rings is 2. The molecule has 330 valence electrons. The lowest BCUT2D eigenvalue weighted by molar-refractivity contribution is -0.136. The summed E-state index contributed by atoms with van der Waals surface area (Å²) in [6.07, 6.45) is 15.2. The molecule has 13 nitrogen and oxygen atoms in total. The zero-order valence-corrected chi connectivity index (χ0v) is 36.8. The van der Waals surface area contributed by atoms with Gasteiger partial charge in [0.1, 0.15) is 18.0 Å². The van der Waals surface area contributed by atoms with Gasteiger partial charge in [0.2, 0.25) is 11.8 Å². The van der Waals surface area contributed by atoms with E-state index < -0.39 is 18.0 Å². The first-order chi connectivity index (χ1) is 30.0. The molecule has 8 rings (SSSR count). The van der Waals surface area contributed by atoms with E-state index in [0.717, 1.165) is 81.0 Å². The fraction of sp³-hybridized carbons (Fsp3) is 0.500. The van der Waals surface area contributed by atoms with Crippen molar-refractivity contribution >= 4 is 52.4 Å². The SMILES string of the molecule is C[C@H](Oc1cc(-c2cnn(C3CCN(CCCCCCCCN4CC(CNc5cccc6c5CN(C5CCC(=O)NC5=O)C6=O)C4)CC3)c2)cnc1N)c1c(Cl)ccc(F)c1Cl. The molecule has 0 saturated carbocycles. The van der Waals surface area contributed by atoms with Crippen molar-refractivity contribution in [2.24, 2.45) is 5.92 Å². The minimum Gasteiger partial charge on any atom is -0.482 e. The van der Waals surface area contributed by atoms with Crippen LogP contribution < -0.4 is 21.1 Å². The highest BCUT2D eigenvalue weighted by molar-refractivity contribution is 6.36. The first-order valence-electron chi connectivity index (χ1n) is 22.1. The number of rotatable bonds is 18. The average molecular weight is 889 g/mol. The molecular formula is C46H56Cl2FN9O4. The summed E-state index contributed by atoms with van der Waals surface area (Å²) >= 11 is 12.5. The molecule has 0 aliphatic carbocycles. The molecule has 2 atom stereocenters. The monoisotopic (exact) mass is 887 g/mol. The third-order valence-electron chi connectivity index (χ3n) is 12.9. The Bertz CT molecular complexity index is 2260. The Morgan fingerprint density at radius 1 is 0.952 bits per heavy atom. The zero-order chi connectivity index (χ0) is 43.3. The second kappa shape index (κ2) is 19.7. The van der Waals surface area contributed by atoms with Crippen LogP contribution in [0.15, 0.2) is 55.0 Å².